The second-order valence-electron chi connectivity index (χ2n) is 4.30. The summed E-state index contributed by atoms with van der Waals surface area (Å²) in [5.41, 5.74) is 7.27. The van der Waals surface area contributed by atoms with Crippen LogP contribution in [0.3, 0.4) is 0 Å². The van der Waals surface area contributed by atoms with Crippen LogP contribution in [0.25, 0.3) is 11.0 Å². The highest BCUT2D eigenvalue weighted by Crippen LogP contribution is 2.39. The molecule has 0 aromatic carbocycles. The minimum Gasteiger partial charge on any atom is -0.477 e. The van der Waals surface area contributed by atoms with E-state index in [1.54, 1.807) is 4.68 Å². The zero-order valence-corrected chi connectivity index (χ0v) is 9.97. The monoisotopic (exact) mass is 233 g/mol. The summed E-state index contributed by atoms with van der Waals surface area (Å²) in [6.07, 6.45) is 2.30. The maximum absolute atomic E-state index is 5.92. The molecule has 6 nitrogen and oxygen atoms in total. The molecule has 0 bridgehead atoms. The molecule has 0 atom stereocenters. The summed E-state index contributed by atoms with van der Waals surface area (Å²) in [4.78, 5) is 8.85. The molecule has 17 heavy (non-hydrogen) atoms. The Balaban J connectivity index is 2.22. The van der Waals surface area contributed by atoms with Crippen molar-refractivity contribution in [1.82, 2.24) is 19.7 Å². The van der Waals surface area contributed by atoms with Gasteiger partial charge in [-0.2, -0.15) is 5.10 Å². The number of nitrogen functional groups attached to an aromatic ring is 1. The van der Waals surface area contributed by atoms with Crippen molar-refractivity contribution >= 4 is 16.9 Å². The van der Waals surface area contributed by atoms with Gasteiger partial charge in [0.25, 0.3) is 0 Å². The van der Waals surface area contributed by atoms with Gasteiger partial charge >= 0.3 is 0 Å². The number of hydrogen-bond acceptors (Lipinski definition) is 5. The smallest absolute Gasteiger partial charge is 0.239 e. The molecule has 2 N–H and O–H groups in total. The Bertz CT molecular complexity index is 573. The van der Waals surface area contributed by atoms with Crippen LogP contribution in [-0.2, 0) is 7.05 Å². The number of nitrogens with zero attached hydrogens (tertiary/aromatic N) is 4. The largest absolute Gasteiger partial charge is 0.477 e. The van der Waals surface area contributed by atoms with Crippen LogP contribution < -0.4 is 10.5 Å². The first kappa shape index (κ1) is 10.3. The van der Waals surface area contributed by atoms with E-state index in [1.807, 2.05) is 14.0 Å². The van der Waals surface area contributed by atoms with Crippen molar-refractivity contribution in [2.75, 3.05) is 12.3 Å². The van der Waals surface area contributed by atoms with Crippen molar-refractivity contribution < 1.29 is 4.74 Å². The summed E-state index contributed by atoms with van der Waals surface area (Å²) < 4.78 is 7.22. The van der Waals surface area contributed by atoms with Crippen molar-refractivity contribution in [2.45, 2.75) is 25.7 Å². The molecule has 3 rings (SSSR count). The number of ether oxygens (including phenoxy) is 1. The van der Waals surface area contributed by atoms with Crippen LogP contribution >= 0.6 is 0 Å². The first-order valence-corrected chi connectivity index (χ1v) is 5.83. The zero-order chi connectivity index (χ0) is 12.0. The fraction of sp³-hybridized carbons (Fsp3) is 0.545. The van der Waals surface area contributed by atoms with Crippen molar-refractivity contribution in [2.24, 2.45) is 7.05 Å². The van der Waals surface area contributed by atoms with Gasteiger partial charge in [0.2, 0.25) is 5.88 Å². The van der Waals surface area contributed by atoms with Gasteiger partial charge in [-0.15, -0.1) is 0 Å². The summed E-state index contributed by atoms with van der Waals surface area (Å²) in [6.45, 7) is 2.52. The van der Waals surface area contributed by atoms with Gasteiger partial charge < -0.3 is 10.5 Å². The SMILES string of the molecule is CCOc1c2nc(C3CC3)nc(N)c2nn1C. The van der Waals surface area contributed by atoms with Gasteiger partial charge in [0.05, 0.1) is 6.61 Å². The summed E-state index contributed by atoms with van der Waals surface area (Å²) in [6, 6.07) is 0. The Kier molecular flexibility index (Phi) is 2.17. The van der Waals surface area contributed by atoms with Crippen molar-refractivity contribution in [1.29, 1.82) is 0 Å². The molecule has 1 fully saturated rings. The molecule has 0 radical (unpaired) electrons. The number of rotatable bonds is 3. The molecule has 0 aliphatic heterocycles. The molecule has 2 aromatic rings. The Morgan fingerprint density at radius 1 is 1.35 bits per heavy atom. The van der Waals surface area contributed by atoms with Gasteiger partial charge in [0.15, 0.2) is 16.9 Å². The Morgan fingerprint density at radius 2 is 2.12 bits per heavy atom. The molecule has 1 saturated carbocycles. The van der Waals surface area contributed by atoms with Crippen molar-refractivity contribution in [3.8, 4) is 5.88 Å². The minimum atomic E-state index is 0.443. The molecular weight excluding hydrogens is 218 g/mol. The van der Waals surface area contributed by atoms with E-state index in [2.05, 4.69) is 15.1 Å². The number of fused-ring (bicyclic) bond motifs is 1. The average Bonchev–Trinajstić information content (AvgIpc) is 3.08. The second kappa shape index (κ2) is 3.58. The number of aryl methyl sites for hydroxylation is 1. The quantitative estimate of drug-likeness (QED) is 0.862. The van der Waals surface area contributed by atoms with Crippen LogP contribution in [0.2, 0.25) is 0 Å². The second-order valence-corrected chi connectivity index (χ2v) is 4.30. The third-order valence-electron chi connectivity index (χ3n) is 2.90. The molecule has 1 aliphatic carbocycles. The summed E-state index contributed by atoms with van der Waals surface area (Å²) >= 11 is 0. The predicted octanol–water partition coefficient (Wildman–Crippen LogP) is 1.22. The standard InChI is InChI=1S/C11H15N5O/c1-3-17-11-8-7(15-16(11)2)9(12)14-10(13-8)6-4-5-6/h6H,3-5H2,1-2H3,(H2,12,13,14). The highest BCUT2D eigenvalue weighted by Gasteiger charge is 2.28. The minimum absolute atomic E-state index is 0.443. The lowest BCUT2D eigenvalue weighted by Gasteiger charge is -2.03. The van der Waals surface area contributed by atoms with E-state index in [4.69, 9.17) is 10.5 Å². The van der Waals surface area contributed by atoms with E-state index < -0.39 is 0 Å². The number of nitrogens with two attached hydrogens (primary N) is 1. The molecular formula is C11H15N5O. The fourth-order valence-electron chi connectivity index (χ4n) is 1.91. The molecule has 1 aliphatic rings. The molecule has 0 spiro atoms. The van der Waals surface area contributed by atoms with E-state index in [9.17, 15) is 0 Å². The molecule has 0 amide bonds. The highest BCUT2D eigenvalue weighted by atomic mass is 16.5. The average molecular weight is 233 g/mol. The van der Waals surface area contributed by atoms with Gasteiger partial charge in [-0.1, -0.05) is 0 Å². The van der Waals surface area contributed by atoms with Crippen molar-refractivity contribution in [3.63, 3.8) is 0 Å². The van der Waals surface area contributed by atoms with Crippen LogP contribution in [0.15, 0.2) is 0 Å². The van der Waals surface area contributed by atoms with Crippen LogP contribution in [0.4, 0.5) is 5.82 Å². The lowest BCUT2D eigenvalue weighted by molar-refractivity contribution is 0.312. The maximum Gasteiger partial charge on any atom is 0.239 e. The molecule has 6 heteroatoms. The third kappa shape index (κ3) is 1.60. The van der Waals surface area contributed by atoms with E-state index in [-0.39, 0.29) is 0 Å². The predicted molar refractivity (Wildman–Crippen MR) is 63.9 cm³/mol. The molecule has 2 heterocycles. The third-order valence-corrected chi connectivity index (χ3v) is 2.90. The number of anilines is 1. The summed E-state index contributed by atoms with van der Waals surface area (Å²) in [5, 5.41) is 4.29. The summed E-state index contributed by atoms with van der Waals surface area (Å²) in [7, 11) is 1.82. The van der Waals surface area contributed by atoms with Crippen LogP contribution in [0.5, 0.6) is 5.88 Å². The van der Waals surface area contributed by atoms with Crippen LogP contribution in [0, 0.1) is 0 Å². The fourth-order valence-corrected chi connectivity index (χ4v) is 1.91. The molecule has 90 valence electrons. The summed E-state index contributed by atoms with van der Waals surface area (Å²) in [5.74, 6) is 2.40. The molecule has 0 unspecified atom stereocenters. The Labute approximate surface area is 98.8 Å². The van der Waals surface area contributed by atoms with Gasteiger partial charge in [-0.3, -0.25) is 0 Å². The van der Waals surface area contributed by atoms with Gasteiger partial charge in [-0.25, -0.2) is 14.6 Å². The van der Waals surface area contributed by atoms with E-state index >= 15 is 0 Å². The maximum atomic E-state index is 5.92. The normalized spacial score (nSPS) is 15.4. The number of hydrogen-bond donors (Lipinski definition) is 1. The van der Waals surface area contributed by atoms with Crippen LogP contribution in [0.1, 0.15) is 31.5 Å². The van der Waals surface area contributed by atoms with E-state index in [0.29, 0.717) is 29.7 Å². The van der Waals surface area contributed by atoms with E-state index in [0.717, 1.165) is 24.2 Å². The lowest BCUT2D eigenvalue weighted by Crippen LogP contribution is -2.00. The Hall–Kier alpha value is -1.85. The lowest BCUT2D eigenvalue weighted by atomic mass is 10.3. The first-order chi connectivity index (χ1) is 8.20. The van der Waals surface area contributed by atoms with E-state index in [1.165, 1.54) is 0 Å². The van der Waals surface area contributed by atoms with Gasteiger partial charge in [0, 0.05) is 13.0 Å². The van der Waals surface area contributed by atoms with Crippen molar-refractivity contribution in [3.05, 3.63) is 5.82 Å². The molecule has 0 saturated heterocycles. The first-order valence-electron chi connectivity index (χ1n) is 5.83. The highest BCUT2D eigenvalue weighted by molar-refractivity contribution is 5.88. The number of aromatic nitrogens is 4. The van der Waals surface area contributed by atoms with Gasteiger partial charge in [-0.05, 0) is 19.8 Å². The molecule has 2 aromatic heterocycles. The topological polar surface area (TPSA) is 78.8 Å². The zero-order valence-electron chi connectivity index (χ0n) is 9.97. The van der Waals surface area contributed by atoms with Gasteiger partial charge in [0.1, 0.15) is 5.82 Å². The Morgan fingerprint density at radius 3 is 2.76 bits per heavy atom. The van der Waals surface area contributed by atoms with Crippen LogP contribution in [-0.4, -0.2) is 26.4 Å².